The Kier molecular flexibility index (Phi) is 4.50. The molecular formula is C15H14BrFO. The molecule has 1 atom stereocenters. The molecule has 1 nitrogen and oxygen atoms in total. The van der Waals surface area contributed by atoms with Crippen LogP contribution in [0.25, 0.3) is 0 Å². The molecule has 18 heavy (non-hydrogen) atoms. The van der Waals surface area contributed by atoms with Crippen molar-refractivity contribution in [1.82, 2.24) is 0 Å². The first kappa shape index (κ1) is 13.2. The van der Waals surface area contributed by atoms with Crippen LogP contribution in [-0.4, -0.2) is 11.7 Å². The summed E-state index contributed by atoms with van der Waals surface area (Å²) in [6, 6.07) is 14.4. The van der Waals surface area contributed by atoms with Gasteiger partial charge >= 0.3 is 0 Å². The van der Waals surface area contributed by atoms with Crippen LogP contribution in [-0.2, 0) is 6.42 Å². The molecule has 0 aromatic heterocycles. The summed E-state index contributed by atoms with van der Waals surface area (Å²) in [7, 11) is 0. The topological polar surface area (TPSA) is 20.2 Å². The van der Waals surface area contributed by atoms with Gasteiger partial charge < -0.3 is 5.11 Å². The SMILES string of the molecule is OCC(Cc1cccc(Br)c1)c1cccc(F)c1. The van der Waals surface area contributed by atoms with Crippen LogP contribution in [0.5, 0.6) is 0 Å². The van der Waals surface area contributed by atoms with E-state index < -0.39 is 0 Å². The molecule has 0 heterocycles. The molecule has 94 valence electrons. The highest BCUT2D eigenvalue weighted by atomic mass is 79.9. The second kappa shape index (κ2) is 6.12. The molecule has 0 amide bonds. The van der Waals surface area contributed by atoms with E-state index in [9.17, 15) is 9.50 Å². The zero-order valence-corrected chi connectivity index (χ0v) is 11.4. The lowest BCUT2D eigenvalue weighted by Crippen LogP contribution is -2.08. The Labute approximate surface area is 114 Å². The maximum absolute atomic E-state index is 13.2. The van der Waals surface area contributed by atoms with Crippen molar-refractivity contribution in [2.24, 2.45) is 0 Å². The molecule has 0 aliphatic carbocycles. The summed E-state index contributed by atoms with van der Waals surface area (Å²) < 4.78 is 14.2. The molecule has 0 saturated heterocycles. The van der Waals surface area contributed by atoms with Gasteiger partial charge in [-0.15, -0.1) is 0 Å². The highest BCUT2D eigenvalue weighted by Crippen LogP contribution is 2.22. The smallest absolute Gasteiger partial charge is 0.123 e. The minimum absolute atomic E-state index is 0.00989. The molecule has 2 aromatic carbocycles. The number of halogens is 2. The Morgan fingerprint density at radius 3 is 2.56 bits per heavy atom. The second-order valence-electron chi connectivity index (χ2n) is 4.27. The van der Waals surface area contributed by atoms with E-state index in [1.165, 1.54) is 12.1 Å². The Morgan fingerprint density at radius 1 is 1.11 bits per heavy atom. The molecule has 0 bridgehead atoms. The molecule has 0 radical (unpaired) electrons. The van der Waals surface area contributed by atoms with Crippen LogP contribution in [0.3, 0.4) is 0 Å². The first-order valence-electron chi connectivity index (χ1n) is 5.80. The molecule has 2 rings (SSSR count). The van der Waals surface area contributed by atoms with Gasteiger partial charge in [-0.2, -0.15) is 0 Å². The maximum Gasteiger partial charge on any atom is 0.123 e. The summed E-state index contributed by atoms with van der Waals surface area (Å²) in [5.74, 6) is -0.338. The van der Waals surface area contributed by atoms with Gasteiger partial charge in [0.25, 0.3) is 0 Å². The van der Waals surface area contributed by atoms with E-state index in [0.717, 1.165) is 15.6 Å². The first-order chi connectivity index (χ1) is 8.69. The molecule has 0 aliphatic rings. The van der Waals surface area contributed by atoms with E-state index in [4.69, 9.17) is 0 Å². The van der Waals surface area contributed by atoms with E-state index in [1.54, 1.807) is 6.07 Å². The standard InChI is InChI=1S/C15H14BrFO/c16-14-5-1-3-11(8-14)7-13(10-18)12-4-2-6-15(17)9-12/h1-6,8-9,13,18H,7,10H2. The van der Waals surface area contributed by atoms with Gasteiger partial charge in [-0.25, -0.2) is 4.39 Å². The van der Waals surface area contributed by atoms with Crippen LogP contribution in [0.1, 0.15) is 17.0 Å². The Balaban J connectivity index is 2.19. The Morgan fingerprint density at radius 2 is 1.89 bits per heavy atom. The fourth-order valence-electron chi connectivity index (χ4n) is 2.00. The van der Waals surface area contributed by atoms with Crippen LogP contribution in [0.15, 0.2) is 53.0 Å². The lowest BCUT2D eigenvalue weighted by Gasteiger charge is -2.15. The highest BCUT2D eigenvalue weighted by molar-refractivity contribution is 9.10. The zero-order chi connectivity index (χ0) is 13.0. The number of hydrogen-bond donors (Lipinski definition) is 1. The fourth-order valence-corrected chi connectivity index (χ4v) is 2.44. The predicted octanol–water partition coefficient (Wildman–Crippen LogP) is 3.91. The number of benzene rings is 2. The van der Waals surface area contributed by atoms with Crippen LogP contribution in [0, 0.1) is 5.82 Å². The third kappa shape index (κ3) is 3.40. The molecular weight excluding hydrogens is 295 g/mol. The third-order valence-corrected chi connectivity index (χ3v) is 3.40. The minimum atomic E-state index is -0.264. The Hall–Kier alpha value is -1.19. The first-order valence-corrected chi connectivity index (χ1v) is 6.59. The van der Waals surface area contributed by atoms with Crippen molar-refractivity contribution in [2.45, 2.75) is 12.3 Å². The molecule has 3 heteroatoms. The fraction of sp³-hybridized carbons (Fsp3) is 0.200. The lowest BCUT2D eigenvalue weighted by atomic mass is 9.93. The van der Waals surface area contributed by atoms with E-state index in [-0.39, 0.29) is 18.3 Å². The quantitative estimate of drug-likeness (QED) is 0.908. The van der Waals surface area contributed by atoms with Gasteiger partial charge in [-0.1, -0.05) is 40.2 Å². The van der Waals surface area contributed by atoms with Gasteiger partial charge in [0.1, 0.15) is 5.82 Å². The van der Waals surface area contributed by atoms with Crippen LogP contribution < -0.4 is 0 Å². The van der Waals surface area contributed by atoms with Crippen molar-refractivity contribution in [3.05, 3.63) is 69.9 Å². The normalized spacial score (nSPS) is 12.4. The van der Waals surface area contributed by atoms with Crippen molar-refractivity contribution in [3.63, 3.8) is 0 Å². The average molecular weight is 309 g/mol. The zero-order valence-electron chi connectivity index (χ0n) is 9.81. The number of rotatable bonds is 4. The molecule has 1 N–H and O–H groups in total. The van der Waals surface area contributed by atoms with Gasteiger partial charge in [0.2, 0.25) is 0 Å². The van der Waals surface area contributed by atoms with Gasteiger partial charge in [0.05, 0.1) is 6.61 Å². The predicted molar refractivity (Wildman–Crippen MR) is 74.1 cm³/mol. The van der Waals surface area contributed by atoms with E-state index in [0.29, 0.717) is 6.42 Å². The van der Waals surface area contributed by atoms with Crippen LogP contribution in [0.2, 0.25) is 0 Å². The third-order valence-electron chi connectivity index (χ3n) is 2.91. The largest absolute Gasteiger partial charge is 0.396 e. The Bertz CT molecular complexity index is 527. The summed E-state index contributed by atoms with van der Waals surface area (Å²) in [6.45, 7) is 0.00989. The second-order valence-corrected chi connectivity index (χ2v) is 5.18. The van der Waals surface area contributed by atoms with Crippen molar-refractivity contribution in [3.8, 4) is 0 Å². The monoisotopic (exact) mass is 308 g/mol. The van der Waals surface area contributed by atoms with Gasteiger partial charge in [-0.3, -0.25) is 0 Å². The van der Waals surface area contributed by atoms with E-state index in [1.807, 2.05) is 30.3 Å². The molecule has 1 unspecified atom stereocenters. The van der Waals surface area contributed by atoms with Crippen LogP contribution >= 0.6 is 15.9 Å². The summed E-state index contributed by atoms with van der Waals surface area (Å²) in [5, 5.41) is 9.47. The average Bonchev–Trinajstić information content (AvgIpc) is 2.36. The van der Waals surface area contributed by atoms with Crippen molar-refractivity contribution in [1.29, 1.82) is 0 Å². The highest BCUT2D eigenvalue weighted by Gasteiger charge is 2.12. The number of aliphatic hydroxyl groups excluding tert-OH is 1. The van der Waals surface area contributed by atoms with E-state index in [2.05, 4.69) is 15.9 Å². The minimum Gasteiger partial charge on any atom is -0.396 e. The van der Waals surface area contributed by atoms with Gasteiger partial charge in [0, 0.05) is 10.4 Å². The number of hydrogen-bond acceptors (Lipinski definition) is 1. The summed E-state index contributed by atoms with van der Waals surface area (Å²) in [6.07, 6.45) is 0.694. The molecule has 2 aromatic rings. The van der Waals surface area contributed by atoms with Crippen molar-refractivity contribution in [2.75, 3.05) is 6.61 Å². The lowest BCUT2D eigenvalue weighted by molar-refractivity contribution is 0.264. The molecule has 0 spiro atoms. The van der Waals surface area contributed by atoms with E-state index >= 15 is 0 Å². The molecule has 0 aliphatic heterocycles. The van der Waals surface area contributed by atoms with Gasteiger partial charge in [-0.05, 0) is 41.8 Å². The summed E-state index contributed by atoms with van der Waals surface area (Å²) >= 11 is 3.42. The van der Waals surface area contributed by atoms with Gasteiger partial charge in [0.15, 0.2) is 0 Å². The van der Waals surface area contributed by atoms with Crippen LogP contribution in [0.4, 0.5) is 4.39 Å². The number of aliphatic hydroxyl groups is 1. The molecule has 0 saturated carbocycles. The van der Waals surface area contributed by atoms with Crippen molar-refractivity contribution < 1.29 is 9.50 Å². The summed E-state index contributed by atoms with van der Waals surface area (Å²) in [5.41, 5.74) is 1.95. The summed E-state index contributed by atoms with van der Waals surface area (Å²) in [4.78, 5) is 0. The molecule has 0 fully saturated rings. The maximum atomic E-state index is 13.2. The van der Waals surface area contributed by atoms with Crippen molar-refractivity contribution >= 4 is 15.9 Å².